The Hall–Kier alpha value is -3.36. The monoisotopic (exact) mass is 498 g/mol. The number of carbonyl (C=O) groups excluding carboxylic acids is 2. The molecule has 0 saturated heterocycles. The van der Waals surface area contributed by atoms with Crippen LogP contribution in [0, 0.1) is 13.8 Å². The molecule has 1 atom stereocenters. The molecule has 176 valence electrons. The number of aromatic nitrogens is 1. The highest BCUT2D eigenvalue weighted by Gasteiger charge is 2.45. The van der Waals surface area contributed by atoms with Gasteiger partial charge in [-0.25, -0.2) is 4.98 Å². The molecule has 2 aromatic carbocycles. The zero-order chi connectivity index (χ0) is 24.6. The van der Waals surface area contributed by atoms with Crippen molar-refractivity contribution in [1.82, 2.24) is 4.98 Å². The van der Waals surface area contributed by atoms with Gasteiger partial charge in [-0.15, -0.1) is 11.3 Å². The zero-order valence-corrected chi connectivity index (χ0v) is 20.7. The van der Waals surface area contributed by atoms with Crippen molar-refractivity contribution in [2.45, 2.75) is 26.8 Å². The molecule has 0 radical (unpaired) electrons. The standard InChI is InChI=1S/C25H23ClN2O5S/c1-5-33-19-11-15(9-10-18(19)32-4)21-20(22(29)24-13(2)27-14(3)34-24)23(30)25(31)28(21)17-8-6-7-16(26)12-17/h6-12,21,30H,5H2,1-4H3. The lowest BCUT2D eigenvalue weighted by Gasteiger charge is -2.27. The Morgan fingerprint density at radius 2 is 1.97 bits per heavy atom. The van der Waals surface area contributed by atoms with Gasteiger partial charge in [0.1, 0.15) is 0 Å². The molecular formula is C25H23ClN2O5S. The first kappa shape index (κ1) is 23.8. The van der Waals surface area contributed by atoms with Crippen molar-refractivity contribution in [2.75, 3.05) is 18.6 Å². The summed E-state index contributed by atoms with van der Waals surface area (Å²) in [6.07, 6.45) is 0. The first-order valence-electron chi connectivity index (χ1n) is 10.6. The van der Waals surface area contributed by atoms with Gasteiger partial charge in [0.15, 0.2) is 17.3 Å². The van der Waals surface area contributed by atoms with Crippen LogP contribution in [0.1, 0.15) is 38.9 Å². The van der Waals surface area contributed by atoms with Gasteiger partial charge in [0.05, 0.1) is 40.9 Å². The summed E-state index contributed by atoms with van der Waals surface area (Å²) in [4.78, 5) is 33.1. The van der Waals surface area contributed by atoms with Crippen LogP contribution in [0.3, 0.4) is 0 Å². The van der Waals surface area contributed by atoms with Crippen molar-refractivity contribution in [3.05, 3.63) is 80.0 Å². The van der Waals surface area contributed by atoms with Crippen molar-refractivity contribution in [2.24, 2.45) is 0 Å². The van der Waals surface area contributed by atoms with E-state index < -0.39 is 23.5 Å². The SMILES string of the molecule is CCOc1cc(C2C(C(=O)c3sc(C)nc3C)=C(O)C(=O)N2c2cccc(Cl)c2)ccc1OC. The first-order valence-corrected chi connectivity index (χ1v) is 11.8. The van der Waals surface area contributed by atoms with E-state index in [0.717, 1.165) is 5.01 Å². The molecule has 9 heteroatoms. The molecule has 1 unspecified atom stereocenters. The highest BCUT2D eigenvalue weighted by atomic mass is 35.5. The average molecular weight is 499 g/mol. The third kappa shape index (κ3) is 4.15. The fraction of sp³-hybridized carbons (Fsp3) is 0.240. The fourth-order valence-electron chi connectivity index (χ4n) is 4.04. The number of thiazole rings is 1. The predicted octanol–water partition coefficient (Wildman–Crippen LogP) is 5.60. The van der Waals surface area contributed by atoms with Crippen LogP contribution in [0.4, 0.5) is 5.69 Å². The number of Topliss-reactive ketones (excluding diaryl/α,β-unsaturated/α-hetero) is 1. The molecule has 1 aliphatic rings. The summed E-state index contributed by atoms with van der Waals surface area (Å²) < 4.78 is 11.1. The Morgan fingerprint density at radius 3 is 2.59 bits per heavy atom. The van der Waals surface area contributed by atoms with Crippen LogP contribution in [0.5, 0.6) is 11.5 Å². The number of carbonyl (C=O) groups is 2. The van der Waals surface area contributed by atoms with E-state index in [0.29, 0.717) is 45.0 Å². The third-order valence-electron chi connectivity index (χ3n) is 5.45. The second kappa shape index (κ2) is 9.48. The smallest absolute Gasteiger partial charge is 0.294 e. The highest BCUT2D eigenvalue weighted by molar-refractivity contribution is 7.14. The molecule has 1 aliphatic heterocycles. The number of benzene rings is 2. The minimum atomic E-state index is -0.912. The second-order valence-corrected chi connectivity index (χ2v) is 9.28. The summed E-state index contributed by atoms with van der Waals surface area (Å²) in [6, 6.07) is 11.0. The number of halogens is 1. The number of aryl methyl sites for hydroxylation is 2. The second-order valence-electron chi connectivity index (χ2n) is 7.64. The van der Waals surface area contributed by atoms with E-state index in [2.05, 4.69) is 4.98 Å². The topological polar surface area (TPSA) is 89.0 Å². The maximum absolute atomic E-state index is 13.7. The number of anilines is 1. The Labute approximate surface area is 206 Å². The number of amides is 1. The molecule has 0 spiro atoms. The fourth-order valence-corrected chi connectivity index (χ4v) is 5.10. The van der Waals surface area contributed by atoms with Crippen LogP contribution in [-0.2, 0) is 4.79 Å². The summed E-state index contributed by atoms with van der Waals surface area (Å²) in [5, 5.41) is 12.1. The van der Waals surface area contributed by atoms with Crippen molar-refractivity contribution < 1.29 is 24.2 Å². The number of hydrogen-bond acceptors (Lipinski definition) is 7. The minimum Gasteiger partial charge on any atom is -0.503 e. The summed E-state index contributed by atoms with van der Waals surface area (Å²) in [5.74, 6) is -0.766. The number of ether oxygens (including phenoxy) is 2. The highest BCUT2D eigenvalue weighted by Crippen LogP contribution is 2.45. The molecule has 3 aromatic rings. The van der Waals surface area contributed by atoms with E-state index in [1.165, 1.54) is 23.3 Å². The van der Waals surface area contributed by atoms with E-state index in [1.54, 1.807) is 56.3 Å². The third-order valence-corrected chi connectivity index (χ3v) is 6.76. The van der Waals surface area contributed by atoms with E-state index in [9.17, 15) is 14.7 Å². The molecule has 2 heterocycles. The molecule has 34 heavy (non-hydrogen) atoms. The van der Waals surface area contributed by atoms with Crippen LogP contribution < -0.4 is 14.4 Å². The van der Waals surface area contributed by atoms with Crippen molar-refractivity contribution in [1.29, 1.82) is 0 Å². The molecule has 0 aliphatic carbocycles. The number of aliphatic hydroxyl groups is 1. The molecule has 4 rings (SSSR count). The molecule has 1 amide bonds. The normalized spacial score (nSPS) is 15.7. The molecule has 7 nitrogen and oxygen atoms in total. The van der Waals surface area contributed by atoms with Gasteiger partial charge in [-0.2, -0.15) is 0 Å². The Balaban J connectivity index is 1.92. The number of ketones is 1. The molecular weight excluding hydrogens is 476 g/mol. The molecule has 0 bridgehead atoms. The van der Waals surface area contributed by atoms with Gasteiger partial charge in [0.25, 0.3) is 5.91 Å². The number of aliphatic hydroxyl groups excluding tert-OH is 1. The Morgan fingerprint density at radius 1 is 1.21 bits per heavy atom. The van der Waals surface area contributed by atoms with Gasteiger partial charge in [-0.05, 0) is 56.7 Å². The van der Waals surface area contributed by atoms with Gasteiger partial charge in [-0.1, -0.05) is 23.7 Å². The van der Waals surface area contributed by atoms with Crippen LogP contribution in [0.2, 0.25) is 5.02 Å². The lowest BCUT2D eigenvalue weighted by molar-refractivity contribution is -0.117. The first-order chi connectivity index (χ1) is 16.3. The zero-order valence-electron chi connectivity index (χ0n) is 19.1. The molecule has 1 aromatic heterocycles. The largest absolute Gasteiger partial charge is 0.503 e. The minimum absolute atomic E-state index is 0.0238. The van der Waals surface area contributed by atoms with Gasteiger partial charge in [-0.3, -0.25) is 14.5 Å². The van der Waals surface area contributed by atoms with Crippen LogP contribution >= 0.6 is 22.9 Å². The number of methoxy groups -OCH3 is 1. The quantitative estimate of drug-likeness (QED) is 0.426. The summed E-state index contributed by atoms with van der Waals surface area (Å²) in [7, 11) is 1.53. The maximum Gasteiger partial charge on any atom is 0.294 e. The predicted molar refractivity (Wildman–Crippen MR) is 131 cm³/mol. The van der Waals surface area contributed by atoms with Gasteiger partial charge in [0.2, 0.25) is 5.78 Å². The van der Waals surface area contributed by atoms with E-state index in [1.807, 2.05) is 6.92 Å². The maximum atomic E-state index is 13.7. The number of nitrogens with zero attached hydrogens (tertiary/aromatic N) is 2. The van der Waals surface area contributed by atoms with E-state index >= 15 is 0 Å². The van der Waals surface area contributed by atoms with Crippen LogP contribution in [-0.4, -0.2) is 35.5 Å². The molecule has 1 N–H and O–H groups in total. The van der Waals surface area contributed by atoms with Gasteiger partial charge in [0, 0.05) is 10.7 Å². The van der Waals surface area contributed by atoms with Crippen LogP contribution in [0.25, 0.3) is 0 Å². The van der Waals surface area contributed by atoms with E-state index in [4.69, 9.17) is 21.1 Å². The van der Waals surface area contributed by atoms with Gasteiger partial charge >= 0.3 is 0 Å². The lowest BCUT2D eigenvalue weighted by Crippen LogP contribution is -2.31. The Kier molecular flexibility index (Phi) is 6.63. The molecule has 0 fully saturated rings. The average Bonchev–Trinajstić information content (AvgIpc) is 3.28. The van der Waals surface area contributed by atoms with Crippen LogP contribution in [0.15, 0.2) is 53.8 Å². The number of rotatable bonds is 7. The summed E-state index contributed by atoms with van der Waals surface area (Å²) >= 11 is 7.43. The van der Waals surface area contributed by atoms with Crippen molar-refractivity contribution in [3.63, 3.8) is 0 Å². The van der Waals surface area contributed by atoms with Crippen molar-refractivity contribution >= 4 is 40.3 Å². The summed E-state index contributed by atoms with van der Waals surface area (Å²) in [5.41, 5.74) is 1.54. The number of hydrogen-bond donors (Lipinski definition) is 1. The van der Waals surface area contributed by atoms with E-state index in [-0.39, 0.29) is 5.57 Å². The Bertz CT molecular complexity index is 1320. The van der Waals surface area contributed by atoms with Gasteiger partial charge < -0.3 is 14.6 Å². The molecule has 0 saturated carbocycles. The van der Waals surface area contributed by atoms with Crippen molar-refractivity contribution in [3.8, 4) is 11.5 Å². The lowest BCUT2D eigenvalue weighted by atomic mass is 9.94. The summed E-state index contributed by atoms with van der Waals surface area (Å²) in [6.45, 7) is 5.78.